The maximum atomic E-state index is 11.4. The predicted octanol–water partition coefficient (Wildman–Crippen LogP) is 2.15. The van der Waals surface area contributed by atoms with Crippen LogP contribution in [0.2, 0.25) is 0 Å². The molecule has 0 aliphatic carbocycles. The van der Waals surface area contributed by atoms with Gasteiger partial charge < -0.3 is 4.74 Å². The van der Waals surface area contributed by atoms with Crippen LogP contribution in [0, 0.1) is 0 Å². The van der Waals surface area contributed by atoms with Gasteiger partial charge in [0.05, 0.1) is 7.11 Å². The fraction of sp³-hybridized carbons (Fsp3) is 0.417. The summed E-state index contributed by atoms with van der Waals surface area (Å²) in [4.78, 5) is 11.4. The second-order valence-electron chi connectivity index (χ2n) is 3.96. The maximum absolute atomic E-state index is 11.4. The van der Waals surface area contributed by atoms with Crippen LogP contribution in [0.3, 0.4) is 0 Å². The minimum atomic E-state index is -0.648. The molecule has 0 aromatic heterocycles. The molecular weight excluding hydrogens is 226 g/mol. The molecule has 0 amide bonds. The average Bonchev–Trinajstić information content (AvgIpc) is 2.27. The van der Waals surface area contributed by atoms with Gasteiger partial charge in [0.1, 0.15) is 5.54 Å². The van der Waals surface area contributed by atoms with Crippen LogP contribution in [-0.4, -0.2) is 18.6 Å². The summed E-state index contributed by atoms with van der Waals surface area (Å²) in [6.07, 6.45) is 0. The van der Waals surface area contributed by atoms with E-state index >= 15 is 0 Å². The number of carbonyl (C=O) groups excluding carboxylic acids is 1. The lowest BCUT2D eigenvalue weighted by atomic mass is 10.1. The number of hydrogen-bond donors (Lipinski definition) is 1. The van der Waals surface area contributed by atoms with Crippen molar-refractivity contribution in [3.8, 4) is 0 Å². The molecule has 0 aliphatic rings. The lowest BCUT2D eigenvalue weighted by Crippen LogP contribution is -2.46. The van der Waals surface area contributed by atoms with Crippen molar-refractivity contribution in [2.45, 2.75) is 25.9 Å². The van der Waals surface area contributed by atoms with Gasteiger partial charge >= 0.3 is 5.97 Å². The van der Waals surface area contributed by atoms with E-state index in [2.05, 4.69) is 5.32 Å². The molecule has 0 bridgehead atoms. The first-order chi connectivity index (χ1) is 7.06. The minimum Gasteiger partial charge on any atom is -0.468 e. The average molecular weight is 244 g/mol. The Bertz CT molecular complexity index is 325. The van der Waals surface area contributed by atoms with E-state index in [4.69, 9.17) is 4.74 Å². The Morgan fingerprint density at radius 1 is 1.31 bits per heavy atom. The van der Waals surface area contributed by atoms with Gasteiger partial charge in [-0.25, -0.2) is 0 Å². The third kappa shape index (κ3) is 4.21. The zero-order chi connectivity index (χ0) is 11.3. The lowest BCUT2D eigenvalue weighted by molar-refractivity contribution is -0.147. The summed E-state index contributed by atoms with van der Waals surface area (Å²) in [5.41, 5.74) is 0.499. The molecule has 0 spiro atoms. The topological polar surface area (TPSA) is 38.3 Å². The van der Waals surface area contributed by atoms with Gasteiger partial charge in [-0.1, -0.05) is 30.3 Å². The van der Waals surface area contributed by atoms with Gasteiger partial charge in [0.2, 0.25) is 0 Å². The van der Waals surface area contributed by atoms with Gasteiger partial charge in [-0.05, 0) is 19.4 Å². The van der Waals surface area contributed by atoms with E-state index in [1.165, 1.54) is 7.11 Å². The molecule has 1 N–H and O–H groups in total. The summed E-state index contributed by atoms with van der Waals surface area (Å²) in [6.45, 7) is 4.27. The SMILES string of the molecule is COC(=O)C(C)(C)NCc1ccccc1.Cl. The monoisotopic (exact) mass is 243 g/mol. The Kier molecular flexibility index (Phi) is 6.08. The molecule has 1 aromatic carbocycles. The molecule has 3 nitrogen and oxygen atoms in total. The first kappa shape index (κ1) is 14.9. The Morgan fingerprint density at radius 3 is 2.38 bits per heavy atom. The number of ether oxygens (including phenoxy) is 1. The van der Waals surface area contributed by atoms with Crippen molar-refractivity contribution in [1.29, 1.82) is 0 Å². The summed E-state index contributed by atoms with van der Waals surface area (Å²) in [7, 11) is 1.40. The highest BCUT2D eigenvalue weighted by Crippen LogP contribution is 2.07. The highest BCUT2D eigenvalue weighted by molar-refractivity contribution is 5.85. The molecule has 0 radical (unpaired) electrons. The molecule has 0 unspecified atom stereocenters. The summed E-state index contributed by atoms with van der Waals surface area (Å²) in [5, 5.41) is 3.15. The number of carbonyl (C=O) groups is 1. The fourth-order valence-electron chi connectivity index (χ4n) is 1.25. The molecule has 16 heavy (non-hydrogen) atoms. The van der Waals surface area contributed by atoms with Crippen molar-refractivity contribution in [2.75, 3.05) is 7.11 Å². The van der Waals surface area contributed by atoms with Crippen molar-refractivity contribution in [1.82, 2.24) is 5.32 Å². The van der Waals surface area contributed by atoms with Gasteiger partial charge in [-0.2, -0.15) is 0 Å². The number of hydrogen-bond acceptors (Lipinski definition) is 3. The van der Waals surface area contributed by atoms with Crippen LogP contribution in [-0.2, 0) is 16.1 Å². The number of methoxy groups -OCH3 is 1. The van der Waals surface area contributed by atoms with Gasteiger partial charge in [0.25, 0.3) is 0 Å². The zero-order valence-corrected chi connectivity index (χ0v) is 10.6. The summed E-state index contributed by atoms with van der Waals surface area (Å²) in [5.74, 6) is -0.251. The smallest absolute Gasteiger partial charge is 0.325 e. The highest BCUT2D eigenvalue weighted by atomic mass is 35.5. The number of nitrogens with one attached hydrogen (secondary N) is 1. The van der Waals surface area contributed by atoms with Gasteiger partial charge in [0, 0.05) is 6.54 Å². The van der Waals surface area contributed by atoms with Crippen LogP contribution in [0.4, 0.5) is 0 Å². The molecule has 0 fully saturated rings. The van der Waals surface area contributed by atoms with Crippen molar-refractivity contribution in [3.63, 3.8) is 0 Å². The molecule has 0 heterocycles. The second kappa shape index (κ2) is 6.51. The maximum Gasteiger partial charge on any atom is 0.325 e. The first-order valence-corrected chi connectivity index (χ1v) is 4.93. The molecule has 0 saturated heterocycles. The van der Waals surface area contributed by atoms with E-state index in [0.29, 0.717) is 6.54 Å². The molecule has 1 aromatic rings. The molecule has 0 saturated carbocycles. The summed E-state index contributed by atoms with van der Waals surface area (Å²) < 4.78 is 4.70. The number of esters is 1. The van der Waals surface area contributed by atoms with E-state index in [9.17, 15) is 4.79 Å². The molecule has 4 heteroatoms. The van der Waals surface area contributed by atoms with Gasteiger partial charge in [-0.3, -0.25) is 10.1 Å². The third-order valence-corrected chi connectivity index (χ3v) is 2.27. The van der Waals surface area contributed by atoms with E-state index in [0.717, 1.165) is 5.56 Å². The lowest BCUT2D eigenvalue weighted by Gasteiger charge is -2.23. The molecule has 0 atom stereocenters. The van der Waals surface area contributed by atoms with E-state index in [1.807, 2.05) is 44.2 Å². The first-order valence-electron chi connectivity index (χ1n) is 4.93. The number of benzene rings is 1. The fourth-order valence-corrected chi connectivity index (χ4v) is 1.25. The number of rotatable bonds is 4. The van der Waals surface area contributed by atoms with Crippen molar-refractivity contribution in [2.24, 2.45) is 0 Å². The van der Waals surface area contributed by atoms with E-state index < -0.39 is 5.54 Å². The van der Waals surface area contributed by atoms with E-state index in [-0.39, 0.29) is 18.4 Å². The Balaban J connectivity index is 0.00000225. The van der Waals surface area contributed by atoms with E-state index in [1.54, 1.807) is 0 Å². The quantitative estimate of drug-likeness (QED) is 0.824. The molecular formula is C12H18ClNO2. The summed E-state index contributed by atoms with van der Waals surface area (Å²) in [6, 6.07) is 9.94. The van der Waals surface area contributed by atoms with Crippen LogP contribution in [0.15, 0.2) is 30.3 Å². The number of halogens is 1. The molecule has 90 valence electrons. The van der Waals surface area contributed by atoms with Gasteiger partial charge in [0.15, 0.2) is 0 Å². The van der Waals surface area contributed by atoms with Crippen molar-refractivity contribution in [3.05, 3.63) is 35.9 Å². The largest absolute Gasteiger partial charge is 0.468 e. The second-order valence-corrected chi connectivity index (χ2v) is 3.96. The van der Waals surface area contributed by atoms with Crippen LogP contribution < -0.4 is 5.32 Å². The molecule has 0 aliphatic heterocycles. The van der Waals surface area contributed by atoms with Crippen molar-refractivity contribution < 1.29 is 9.53 Å². The zero-order valence-electron chi connectivity index (χ0n) is 9.82. The standard InChI is InChI=1S/C12H17NO2.ClH/c1-12(2,11(14)15-3)13-9-10-7-5-4-6-8-10;/h4-8,13H,9H2,1-3H3;1H. The van der Waals surface area contributed by atoms with Gasteiger partial charge in [-0.15, -0.1) is 12.4 Å². The Labute approximate surface area is 103 Å². The Hall–Kier alpha value is -1.06. The third-order valence-electron chi connectivity index (χ3n) is 2.27. The highest BCUT2D eigenvalue weighted by Gasteiger charge is 2.27. The van der Waals surface area contributed by atoms with Crippen LogP contribution in [0.25, 0.3) is 0 Å². The normalized spacial score (nSPS) is 10.4. The molecule has 1 rings (SSSR count). The van der Waals surface area contributed by atoms with Crippen LogP contribution in [0.1, 0.15) is 19.4 Å². The summed E-state index contributed by atoms with van der Waals surface area (Å²) >= 11 is 0. The minimum absolute atomic E-state index is 0. The van der Waals surface area contributed by atoms with Crippen molar-refractivity contribution >= 4 is 18.4 Å². The van der Waals surface area contributed by atoms with Crippen LogP contribution >= 0.6 is 12.4 Å². The van der Waals surface area contributed by atoms with Crippen LogP contribution in [0.5, 0.6) is 0 Å². The predicted molar refractivity (Wildman–Crippen MR) is 66.6 cm³/mol. The Morgan fingerprint density at radius 2 is 1.88 bits per heavy atom.